The predicted octanol–water partition coefficient (Wildman–Crippen LogP) is -1.40. The second-order valence-corrected chi connectivity index (χ2v) is 7.55. The zero-order valence-corrected chi connectivity index (χ0v) is 18.3. The number of nitrogens with two attached hydrogens (primary N) is 2. The Kier molecular flexibility index (Phi) is 7.83. The van der Waals surface area contributed by atoms with E-state index < -0.39 is 35.5 Å². The summed E-state index contributed by atoms with van der Waals surface area (Å²) in [5, 5.41) is 17.3. The molecule has 2 atom stereocenters. The lowest BCUT2D eigenvalue weighted by Gasteiger charge is -2.34. The van der Waals surface area contributed by atoms with E-state index in [2.05, 4.69) is 30.8 Å². The highest BCUT2D eigenvalue weighted by Gasteiger charge is 2.30. The number of aliphatic carboxylic acids is 1. The molecule has 1 aliphatic heterocycles. The maximum Gasteiger partial charge on any atom is 0.347 e. The van der Waals surface area contributed by atoms with E-state index in [1.54, 1.807) is 12.1 Å². The molecule has 15 nitrogen and oxygen atoms in total. The average Bonchev–Trinajstić information content (AvgIpc) is 2.84. The Balaban J connectivity index is 1.62. The number of anilines is 4. The van der Waals surface area contributed by atoms with Crippen molar-refractivity contribution in [3.05, 3.63) is 40.2 Å². The Morgan fingerprint density at radius 3 is 2.66 bits per heavy atom. The third-order valence-electron chi connectivity index (χ3n) is 5.23. The van der Waals surface area contributed by atoms with Crippen molar-refractivity contribution >= 4 is 47.4 Å². The SMILES string of the molecule is NOC(=O)C(CCC(=O)O)NC(=O)c1ccc(NCC2CNc3nc(N)[nH]c(=O)c3N2C=O)cc1. The van der Waals surface area contributed by atoms with E-state index in [1.165, 1.54) is 17.0 Å². The van der Waals surface area contributed by atoms with Crippen molar-refractivity contribution in [1.29, 1.82) is 0 Å². The van der Waals surface area contributed by atoms with E-state index in [9.17, 15) is 24.0 Å². The van der Waals surface area contributed by atoms with E-state index >= 15 is 0 Å². The van der Waals surface area contributed by atoms with E-state index in [0.29, 0.717) is 18.6 Å². The molecule has 186 valence electrons. The molecular formula is C20H24N8O7. The summed E-state index contributed by atoms with van der Waals surface area (Å²) >= 11 is 0. The van der Waals surface area contributed by atoms with Crippen molar-refractivity contribution in [2.24, 2.45) is 5.90 Å². The molecule has 9 N–H and O–H groups in total. The molecule has 15 heteroatoms. The molecule has 35 heavy (non-hydrogen) atoms. The number of benzene rings is 1. The molecule has 0 bridgehead atoms. The molecule has 2 amide bonds. The molecule has 0 spiro atoms. The summed E-state index contributed by atoms with van der Waals surface area (Å²) in [7, 11) is 0. The maximum absolute atomic E-state index is 12.5. The number of aromatic amines is 1. The molecule has 0 radical (unpaired) electrons. The Labute approximate surface area is 197 Å². The number of nitrogen functional groups attached to an aromatic ring is 1. The lowest BCUT2D eigenvalue weighted by atomic mass is 10.1. The van der Waals surface area contributed by atoms with Crippen molar-refractivity contribution in [1.82, 2.24) is 15.3 Å². The fourth-order valence-corrected chi connectivity index (χ4v) is 3.47. The van der Waals surface area contributed by atoms with Crippen molar-refractivity contribution in [3.63, 3.8) is 0 Å². The average molecular weight is 488 g/mol. The highest BCUT2D eigenvalue weighted by Crippen LogP contribution is 2.25. The standard InChI is InChI=1S/C20H24N8O7/c21-20-26-16-15(18(33)27-20)28(9-29)12(8-24-16)7-23-11-3-1-10(2-4-11)17(32)25-13(19(34)35-22)5-6-14(30)31/h1-4,9,12-13,23H,5-8,22H2,(H,25,32)(H,30,31)(H4,21,24,26,27,33). The number of hydrogen-bond donors (Lipinski definition) is 7. The number of carboxylic acid groups (broad SMARTS) is 1. The van der Waals surface area contributed by atoms with Crippen LogP contribution in [0.5, 0.6) is 0 Å². The van der Waals surface area contributed by atoms with E-state index in [1.807, 2.05) is 0 Å². The molecule has 0 fully saturated rings. The number of carbonyl (C=O) groups is 4. The predicted molar refractivity (Wildman–Crippen MR) is 123 cm³/mol. The fourth-order valence-electron chi connectivity index (χ4n) is 3.47. The van der Waals surface area contributed by atoms with Gasteiger partial charge in [0.25, 0.3) is 11.5 Å². The number of H-pyrrole nitrogens is 1. The van der Waals surface area contributed by atoms with Crippen LogP contribution in [-0.4, -0.2) is 64.5 Å². The van der Waals surface area contributed by atoms with Crippen LogP contribution in [0.1, 0.15) is 23.2 Å². The smallest absolute Gasteiger partial charge is 0.347 e. The van der Waals surface area contributed by atoms with Crippen LogP contribution in [0.15, 0.2) is 29.1 Å². The van der Waals surface area contributed by atoms with Crippen LogP contribution in [0.25, 0.3) is 0 Å². The normalized spacial score (nSPS) is 15.2. The van der Waals surface area contributed by atoms with Gasteiger partial charge in [-0.15, -0.1) is 0 Å². The van der Waals surface area contributed by atoms with Crippen molar-refractivity contribution in [3.8, 4) is 0 Å². The quantitative estimate of drug-likeness (QED) is 0.151. The van der Waals surface area contributed by atoms with E-state index in [4.69, 9.17) is 16.7 Å². The number of carbonyl (C=O) groups excluding carboxylic acids is 3. The highest BCUT2D eigenvalue weighted by molar-refractivity contribution is 5.97. The van der Waals surface area contributed by atoms with Gasteiger partial charge in [-0.2, -0.15) is 10.9 Å². The fraction of sp³-hybridized carbons (Fsp3) is 0.300. The molecule has 1 aromatic heterocycles. The van der Waals surface area contributed by atoms with Gasteiger partial charge in [0.15, 0.2) is 11.5 Å². The van der Waals surface area contributed by atoms with Gasteiger partial charge >= 0.3 is 11.9 Å². The molecule has 1 aliphatic rings. The monoisotopic (exact) mass is 488 g/mol. The van der Waals surface area contributed by atoms with Gasteiger partial charge in [0.2, 0.25) is 12.4 Å². The number of aromatic nitrogens is 2. The Bertz CT molecular complexity index is 1170. The van der Waals surface area contributed by atoms with Gasteiger partial charge in [-0.05, 0) is 30.7 Å². The van der Waals surface area contributed by atoms with Crippen LogP contribution in [0, 0.1) is 0 Å². The number of nitrogens with zero attached hydrogens (tertiary/aromatic N) is 2. The molecule has 1 aromatic carbocycles. The lowest BCUT2D eigenvalue weighted by Crippen LogP contribution is -2.50. The zero-order valence-electron chi connectivity index (χ0n) is 18.3. The van der Waals surface area contributed by atoms with Gasteiger partial charge in [0, 0.05) is 30.8 Å². The molecule has 2 heterocycles. The first-order valence-corrected chi connectivity index (χ1v) is 10.4. The second-order valence-electron chi connectivity index (χ2n) is 7.55. The highest BCUT2D eigenvalue weighted by atomic mass is 16.7. The molecule has 2 unspecified atom stereocenters. The number of fused-ring (bicyclic) bond motifs is 1. The number of hydrogen-bond acceptors (Lipinski definition) is 11. The van der Waals surface area contributed by atoms with Crippen LogP contribution >= 0.6 is 0 Å². The Hall–Kier alpha value is -4.66. The van der Waals surface area contributed by atoms with Crippen LogP contribution < -0.4 is 38.0 Å². The largest absolute Gasteiger partial charge is 0.481 e. The van der Waals surface area contributed by atoms with Gasteiger partial charge in [-0.1, -0.05) is 0 Å². The molecule has 0 saturated heterocycles. The Morgan fingerprint density at radius 1 is 1.31 bits per heavy atom. The van der Waals surface area contributed by atoms with Crippen LogP contribution in [0.2, 0.25) is 0 Å². The maximum atomic E-state index is 12.5. The summed E-state index contributed by atoms with van der Waals surface area (Å²) in [6.45, 7) is 0.574. The Morgan fingerprint density at radius 2 is 2.03 bits per heavy atom. The summed E-state index contributed by atoms with van der Waals surface area (Å²) in [6.07, 6.45) is -0.0102. The summed E-state index contributed by atoms with van der Waals surface area (Å²) in [5.41, 5.74) is 5.88. The summed E-state index contributed by atoms with van der Waals surface area (Å²) in [5.74, 6) is 2.28. The van der Waals surface area contributed by atoms with Crippen molar-refractivity contribution in [2.75, 3.05) is 34.4 Å². The summed E-state index contributed by atoms with van der Waals surface area (Å²) < 4.78 is 0. The first-order valence-electron chi connectivity index (χ1n) is 10.4. The van der Waals surface area contributed by atoms with Crippen molar-refractivity contribution in [2.45, 2.75) is 24.9 Å². The summed E-state index contributed by atoms with van der Waals surface area (Å²) in [6, 6.07) is 4.54. The van der Waals surface area contributed by atoms with E-state index in [-0.39, 0.29) is 42.4 Å². The lowest BCUT2D eigenvalue weighted by molar-refractivity contribution is -0.147. The second kappa shape index (κ2) is 11.0. The molecule has 0 aliphatic carbocycles. The minimum absolute atomic E-state index is 0.0627. The molecule has 2 aromatic rings. The zero-order chi connectivity index (χ0) is 25.5. The number of nitrogens with one attached hydrogen (secondary N) is 4. The first-order chi connectivity index (χ1) is 16.7. The molecular weight excluding hydrogens is 464 g/mol. The van der Waals surface area contributed by atoms with Gasteiger partial charge in [0.05, 0.1) is 6.04 Å². The first kappa shape index (κ1) is 25.0. The minimum Gasteiger partial charge on any atom is -0.481 e. The summed E-state index contributed by atoms with van der Waals surface area (Å²) in [4.78, 5) is 70.6. The number of carboxylic acids is 1. The molecule has 0 saturated carbocycles. The van der Waals surface area contributed by atoms with Gasteiger partial charge in [-0.3, -0.25) is 24.2 Å². The molecule has 3 rings (SSSR count). The van der Waals surface area contributed by atoms with Crippen LogP contribution in [0.3, 0.4) is 0 Å². The van der Waals surface area contributed by atoms with Gasteiger partial charge in [0.1, 0.15) is 6.04 Å². The van der Waals surface area contributed by atoms with Gasteiger partial charge < -0.3 is 36.5 Å². The van der Waals surface area contributed by atoms with E-state index in [0.717, 1.165) is 0 Å². The van der Waals surface area contributed by atoms with Gasteiger partial charge in [-0.25, -0.2) is 4.79 Å². The van der Waals surface area contributed by atoms with Crippen LogP contribution in [0.4, 0.5) is 23.1 Å². The third-order valence-corrected chi connectivity index (χ3v) is 5.23. The number of amides is 2. The third kappa shape index (κ3) is 6.02. The minimum atomic E-state index is -1.22. The number of rotatable bonds is 10. The topological polar surface area (TPSA) is 235 Å². The van der Waals surface area contributed by atoms with Crippen molar-refractivity contribution < 1.29 is 29.1 Å². The van der Waals surface area contributed by atoms with Crippen LogP contribution in [-0.2, 0) is 19.2 Å².